The van der Waals surface area contributed by atoms with Gasteiger partial charge in [0.05, 0.1) is 10.7 Å². The van der Waals surface area contributed by atoms with Gasteiger partial charge < -0.3 is 10.1 Å². The Labute approximate surface area is 175 Å². The fourth-order valence-corrected chi connectivity index (χ4v) is 3.66. The van der Waals surface area contributed by atoms with Gasteiger partial charge in [-0.05, 0) is 41.0 Å². The van der Waals surface area contributed by atoms with Crippen LogP contribution in [0.25, 0.3) is 33.3 Å². The van der Waals surface area contributed by atoms with E-state index in [2.05, 4.69) is 21.2 Å². The second-order valence-corrected chi connectivity index (χ2v) is 7.72. The number of hydrogen-bond acceptors (Lipinski definition) is 6. The van der Waals surface area contributed by atoms with E-state index < -0.39 is 10.9 Å². The molecule has 0 aliphatic rings. The van der Waals surface area contributed by atoms with Crippen LogP contribution < -0.4 is 0 Å². The first-order valence-electron chi connectivity index (χ1n) is 8.97. The Morgan fingerprint density at radius 3 is 2.53 bits per heavy atom. The maximum Gasteiger partial charge on any atom is 0.313 e. The Morgan fingerprint density at radius 1 is 1.03 bits per heavy atom. The highest BCUT2D eigenvalue weighted by Crippen LogP contribution is 2.32. The lowest BCUT2D eigenvalue weighted by Crippen LogP contribution is -1.97. The number of carboxylic acids is 1. The fourth-order valence-electron chi connectivity index (χ4n) is 3.14. The number of aromatic nitrogens is 3. The number of aromatic amines is 1. The summed E-state index contributed by atoms with van der Waals surface area (Å²) in [6.07, 6.45) is 0. The summed E-state index contributed by atoms with van der Waals surface area (Å²) in [4.78, 5) is 24.7. The van der Waals surface area contributed by atoms with E-state index in [1.165, 1.54) is 12.1 Å². The largest absolute Gasteiger partial charge is 0.481 e. The van der Waals surface area contributed by atoms with Crippen LogP contribution in [0.15, 0.2) is 59.8 Å². The van der Waals surface area contributed by atoms with Crippen molar-refractivity contribution >= 4 is 34.2 Å². The van der Waals surface area contributed by atoms with Crippen LogP contribution in [0.5, 0.6) is 0 Å². The van der Waals surface area contributed by atoms with E-state index in [4.69, 9.17) is 5.11 Å². The molecule has 3 aromatic carbocycles. The molecule has 4 rings (SSSR count). The van der Waals surface area contributed by atoms with E-state index in [-0.39, 0.29) is 11.4 Å². The number of aryl methyl sites for hydroxylation is 1. The average molecular weight is 420 g/mol. The first-order chi connectivity index (χ1) is 14.4. The summed E-state index contributed by atoms with van der Waals surface area (Å²) in [5.74, 6) is -0.794. The van der Waals surface area contributed by atoms with Gasteiger partial charge in [-0.2, -0.15) is 0 Å². The Bertz CT molecular complexity index is 1290. The minimum Gasteiger partial charge on any atom is -0.481 e. The van der Waals surface area contributed by atoms with Crippen LogP contribution in [0.1, 0.15) is 5.56 Å². The van der Waals surface area contributed by atoms with Crippen molar-refractivity contribution < 1.29 is 14.8 Å². The SMILES string of the molecule is Cc1ccc2cc(-c3cc(-c4nnc(SCC(=O)O)[nH]4)cc([N+](=O)[O-])c3)ccc2c1. The normalized spacial score (nSPS) is 11.0. The molecular weight excluding hydrogens is 404 g/mol. The number of carbonyl (C=O) groups is 1. The zero-order valence-electron chi connectivity index (χ0n) is 15.8. The first kappa shape index (κ1) is 19.6. The highest BCUT2D eigenvalue weighted by Gasteiger charge is 2.15. The topological polar surface area (TPSA) is 122 Å². The number of hydrogen-bond donors (Lipinski definition) is 2. The molecule has 0 saturated heterocycles. The van der Waals surface area contributed by atoms with Crippen molar-refractivity contribution in [2.75, 3.05) is 5.75 Å². The molecule has 0 radical (unpaired) electrons. The minimum absolute atomic E-state index is 0.0670. The molecule has 0 unspecified atom stereocenters. The van der Waals surface area contributed by atoms with E-state index >= 15 is 0 Å². The smallest absolute Gasteiger partial charge is 0.313 e. The van der Waals surface area contributed by atoms with Crippen molar-refractivity contribution in [3.8, 4) is 22.5 Å². The molecule has 1 heterocycles. The second kappa shape index (κ2) is 7.96. The number of nitrogens with one attached hydrogen (secondary N) is 1. The predicted octanol–water partition coefficient (Wildman–Crippen LogP) is 4.69. The van der Waals surface area contributed by atoms with Crippen LogP contribution in [-0.2, 0) is 4.79 Å². The molecule has 0 bridgehead atoms. The molecule has 0 aliphatic heterocycles. The molecule has 0 fully saturated rings. The number of aliphatic carboxylic acids is 1. The number of nitrogens with zero attached hydrogens (tertiary/aromatic N) is 3. The molecule has 0 amide bonds. The van der Waals surface area contributed by atoms with Gasteiger partial charge in [0.25, 0.3) is 5.69 Å². The molecule has 0 spiro atoms. The summed E-state index contributed by atoms with van der Waals surface area (Å²) in [6.45, 7) is 2.03. The first-order valence-corrected chi connectivity index (χ1v) is 9.95. The monoisotopic (exact) mass is 420 g/mol. The second-order valence-electron chi connectivity index (χ2n) is 6.75. The zero-order valence-corrected chi connectivity index (χ0v) is 16.6. The number of carboxylic acid groups (broad SMARTS) is 1. The molecule has 150 valence electrons. The van der Waals surface area contributed by atoms with Crippen LogP contribution in [0.4, 0.5) is 5.69 Å². The van der Waals surface area contributed by atoms with E-state index in [1.807, 2.05) is 37.3 Å². The summed E-state index contributed by atoms with van der Waals surface area (Å²) in [5.41, 5.74) is 3.12. The lowest BCUT2D eigenvalue weighted by Gasteiger charge is -2.07. The van der Waals surface area contributed by atoms with Crippen molar-refractivity contribution in [2.24, 2.45) is 0 Å². The van der Waals surface area contributed by atoms with Crippen molar-refractivity contribution in [1.82, 2.24) is 15.2 Å². The van der Waals surface area contributed by atoms with Gasteiger partial charge in [0, 0.05) is 17.7 Å². The summed E-state index contributed by atoms with van der Waals surface area (Å²) in [7, 11) is 0. The number of H-pyrrole nitrogens is 1. The van der Waals surface area contributed by atoms with Crippen molar-refractivity contribution in [3.05, 3.63) is 70.3 Å². The van der Waals surface area contributed by atoms with Crippen LogP contribution in [-0.4, -0.2) is 36.9 Å². The van der Waals surface area contributed by atoms with Crippen LogP contribution >= 0.6 is 11.8 Å². The number of nitro groups is 1. The van der Waals surface area contributed by atoms with Gasteiger partial charge >= 0.3 is 5.97 Å². The average Bonchev–Trinajstić information content (AvgIpc) is 3.20. The van der Waals surface area contributed by atoms with E-state index in [9.17, 15) is 14.9 Å². The molecule has 30 heavy (non-hydrogen) atoms. The van der Waals surface area contributed by atoms with Gasteiger partial charge in [-0.1, -0.05) is 47.7 Å². The third-order valence-electron chi connectivity index (χ3n) is 4.53. The van der Waals surface area contributed by atoms with Gasteiger partial charge in [-0.25, -0.2) is 0 Å². The Balaban J connectivity index is 1.76. The molecule has 0 aliphatic carbocycles. The fraction of sp³-hybridized carbons (Fsp3) is 0.0952. The molecule has 0 atom stereocenters. The number of thioether (sulfide) groups is 1. The van der Waals surface area contributed by atoms with Gasteiger partial charge in [0.2, 0.25) is 0 Å². The Morgan fingerprint density at radius 2 is 1.77 bits per heavy atom. The molecule has 9 heteroatoms. The molecule has 0 saturated carbocycles. The minimum atomic E-state index is -0.970. The van der Waals surface area contributed by atoms with Crippen molar-refractivity contribution in [2.45, 2.75) is 12.1 Å². The summed E-state index contributed by atoms with van der Waals surface area (Å²) < 4.78 is 0. The quantitative estimate of drug-likeness (QED) is 0.264. The zero-order chi connectivity index (χ0) is 21.3. The standard InChI is InChI=1S/C21H16N4O4S/c1-12-2-3-14-7-15(5-4-13(14)6-12)16-8-17(10-18(9-16)25(28)29)20-22-21(24-23-20)30-11-19(26)27/h2-10H,11H2,1H3,(H,26,27)(H,22,23,24). The lowest BCUT2D eigenvalue weighted by atomic mass is 9.98. The number of non-ortho nitro benzene ring substituents is 1. The summed E-state index contributed by atoms with van der Waals surface area (Å²) >= 11 is 0.995. The molecule has 8 nitrogen and oxygen atoms in total. The summed E-state index contributed by atoms with van der Waals surface area (Å²) in [5, 5.41) is 30.7. The number of benzene rings is 3. The maximum atomic E-state index is 11.5. The number of rotatable bonds is 6. The van der Waals surface area contributed by atoms with Gasteiger partial charge in [-0.15, -0.1) is 10.2 Å². The molecule has 4 aromatic rings. The number of fused-ring (bicyclic) bond motifs is 1. The predicted molar refractivity (Wildman–Crippen MR) is 115 cm³/mol. The van der Waals surface area contributed by atoms with E-state index in [0.29, 0.717) is 22.1 Å². The summed E-state index contributed by atoms with van der Waals surface area (Å²) in [6, 6.07) is 16.8. The number of nitro benzene ring substituents is 1. The van der Waals surface area contributed by atoms with Crippen LogP contribution in [0, 0.1) is 17.0 Å². The van der Waals surface area contributed by atoms with Gasteiger partial charge in [-0.3, -0.25) is 14.9 Å². The molecule has 1 aromatic heterocycles. The van der Waals surface area contributed by atoms with Crippen molar-refractivity contribution in [3.63, 3.8) is 0 Å². The van der Waals surface area contributed by atoms with Gasteiger partial charge in [0.15, 0.2) is 11.0 Å². The van der Waals surface area contributed by atoms with E-state index in [1.54, 1.807) is 6.07 Å². The Kier molecular flexibility index (Phi) is 5.20. The Hall–Kier alpha value is -3.72. The van der Waals surface area contributed by atoms with Crippen LogP contribution in [0.2, 0.25) is 0 Å². The third-order valence-corrected chi connectivity index (χ3v) is 5.38. The third kappa shape index (κ3) is 4.15. The van der Waals surface area contributed by atoms with E-state index in [0.717, 1.165) is 33.7 Å². The van der Waals surface area contributed by atoms with Crippen molar-refractivity contribution in [1.29, 1.82) is 0 Å². The highest BCUT2D eigenvalue weighted by atomic mass is 32.2. The maximum absolute atomic E-state index is 11.5. The van der Waals surface area contributed by atoms with Crippen LogP contribution in [0.3, 0.4) is 0 Å². The lowest BCUT2D eigenvalue weighted by molar-refractivity contribution is -0.384. The molecular formula is C21H16N4O4S. The highest BCUT2D eigenvalue weighted by molar-refractivity contribution is 7.99. The van der Waals surface area contributed by atoms with Gasteiger partial charge in [0.1, 0.15) is 0 Å². The molecule has 2 N–H and O–H groups in total.